The predicted molar refractivity (Wildman–Crippen MR) is 123 cm³/mol. The van der Waals surface area contributed by atoms with E-state index in [2.05, 4.69) is 41.7 Å². The van der Waals surface area contributed by atoms with Gasteiger partial charge in [0.15, 0.2) is 10.9 Å². The van der Waals surface area contributed by atoms with Gasteiger partial charge in [-0.2, -0.15) is 5.10 Å². The fraction of sp³-hybridized carbons (Fsp3) is 0.200. The van der Waals surface area contributed by atoms with E-state index >= 15 is 0 Å². The van der Waals surface area contributed by atoms with E-state index < -0.39 is 0 Å². The monoisotopic (exact) mass is 452 g/mol. The van der Waals surface area contributed by atoms with Crippen LogP contribution in [-0.4, -0.2) is 14.9 Å². The minimum absolute atomic E-state index is 0.416. The van der Waals surface area contributed by atoms with Gasteiger partial charge in [0, 0.05) is 11.9 Å². The van der Waals surface area contributed by atoms with E-state index in [0.717, 1.165) is 11.3 Å². The lowest BCUT2D eigenvalue weighted by molar-refractivity contribution is 0.690. The van der Waals surface area contributed by atoms with Crippen molar-refractivity contribution in [1.82, 2.24) is 9.78 Å². The minimum Gasteiger partial charge on any atom is -0.332 e. The average Bonchev–Trinajstić information content (AvgIpc) is 2.97. The maximum Gasteiger partial charge on any atom is 0.176 e. The molecule has 1 heterocycles. The van der Waals surface area contributed by atoms with Crippen LogP contribution in [0.3, 0.4) is 0 Å². The normalized spacial score (nSPS) is 10.9. The van der Waals surface area contributed by atoms with E-state index in [1.807, 2.05) is 18.2 Å². The van der Waals surface area contributed by atoms with Crippen molar-refractivity contribution in [2.45, 2.75) is 26.3 Å². The smallest absolute Gasteiger partial charge is 0.176 e. The fourth-order valence-electron chi connectivity index (χ4n) is 2.61. The molecule has 3 aromatic rings. The van der Waals surface area contributed by atoms with E-state index in [-0.39, 0.29) is 0 Å². The standard InChI is InChI=1S/C20H19Cl3N4S/c1-12(2)14-4-6-15(7-5-14)24-20(28)25-19-18(23)11-27(26-19)10-13-3-8-16(21)17(22)9-13/h3-9,11-12H,10H2,1-2H3,(H2,24,25,26,28). The third-order valence-electron chi connectivity index (χ3n) is 4.11. The zero-order valence-corrected chi connectivity index (χ0v) is 18.4. The molecule has 146 valence electrons. The van der Waals surface area contributed by atoms with Crippen LogP contribution in [0.2, 0.25) is 15.1 Å². The zero-order valence-electron chi connectivity index (χ0n) is 15.3. The van der Waals surface area contributed by atoms with Gasteiger partial charge in [-0.3, -0.25) is 4.68 Å². The first-order valence-electron chi connectivity index (χ1n) is 8.66. The molecule has 4 nitrogen and oxygen atoms in total. The Labute approximate surface area is 184 Å². The highest BCUT2D eigenvalue weighted by Crippen LogP contribution is 2.25. The number of aromatic nitrogens is 2. The molecule has 0 spiro atoms. The van der Waals surface area contributed by atoms with Gasteiger partial charge in [0.25, 0.3) is 0 Å². The molecule has 3 rings (SSSR count). The molecule has 0 fully saturated rings. The second kappa shape index (κ2) is 9.14. The topological polar surface area (TPSA) is 41.9 Å². The summed E-state index contributed by atoms with van der Waals surface area (Å²) < 4.78 is 1.71. The maximum absolute atomic E-state index is 6.29. The second-order valence-electron chi connectivity index (χ2n) is 6.63. The highest BCUT2D eigenvalue weighted by molar-refractivity contribution is 7.80. The number of rotatable bonds is 5. The van der Waals surface area contributed by atoms with Crippen molar-refractivity contribution in [3.05, 3.63) is 74.9 Å². The summed E-state index contributed by atoms with van der Waals surface area (Å²) in [5, 5.41) is 12.5. The number of nitrogens with one attached hydrogen (secondary N) is 2. The molecule has 0 aliphatic heterocycles. The number of anilines is 2. The van der Waals surface area contributed by atoms with E-state index in [1.165, 1.54) is 5.56 Å². The van der Waals surface area contributed by atoms with Crippen molar-refractivity contribution in [3.8, 4) is 0 Å². The summed E-state index contributed by atoms with van der Waals surface area (Å²) in [7, 11) is 0. The molecule has 8 heteroatoms. The van der Waals surface area contributed by atoms with E-state index in [1.54, 1.807) is 23.0 Å². The molecule has 0 radical (unpaired) electrons. The minimum atomic E-state index is 0.416. The first kappa shape index (κ1) is 20.9. The molecule has 0 saturated heterocycles. The molecule has 2 aromatic carbocycles. The first-order chi connectivity index (χ1) is 13.3. The Morgan fingerprint density at radius 1 is 1.00 bits per heavy atom. The lowest BCUT2D eigenvalue weighted by Crippen LogP contribution is -2.19. The molecule has 0 aliphatic carbocycles. The summed E-state index contributed by atoms with van der Waals surface area (Å²) in [4.78, 5) is 0. The Bertz CT molecular complexity index is 984. The van der Waals surface area contributed by atoms with Crippen LogP contribution in [0.4, 0.5) is 11.5 Å². The number of nitrogens with zero attached hydrogens (tertiary/aromatic N) is 2. The lowest BCUT2D eigenvalue weighted by Gasteiger charge is -2.11. The van der Waals surface area contributed by atoms with Crippen molar-refractivity contribution in [2.24, 2.45) is 0 Å². The van der Waals surface area contributed by atoms with E-state index in [4.69, 9.17) is 47.0 Å². The van der Waals surface area contributed by atoms with Crippen molar-refractivity contribution >= 4 is 63.6 Å². The van der Waals surface area contributed by atoms with Crippen molar-refractivity contribution in [2.75, 3.05) is 10.6 Å². The van der Waals surface area contributed by atoms with Gasteiger partial charge in [0.2, 0.25) is 0 Å². The molecule has 1 aromatic heterocycles. The number of hydrogen-bond donors (Lipinski definition) is 2. The number of benzene rings is 2. The van der Waals surface area contributed by atoms with Crippen LogP contribution >= 0.6 is 47.0 Å². The highest BCUT2D eigenvalue weighted by Gasteiger charge is 2.10. The lowest BCUT2D eigenvalue weighted by atomic mass is 10.0. The Morgan fingerprint density at radius 3 is 2.36 bits per heavy atom. The van der Waals surface area contributed by atoms with Gasteiger partial charge in [-0.1, -0.05) is 66.8 Å². The largest absolute Gasteiger partial charge is 0.332 e. The van der Waals surface area contributed by atoms with Gasteiger partial charge in [-0.05, 0) is 53.5 Å². The molecule has 0 atom stereocenters. The average molecular weight is 454 g/mol. The van der Waals surface area contributed by atoms with Gasteiger partial charge in [-0.15, -0.1) is 0 Å². The van der Waals surface area contributed by atoms with Crippen molar-refractivity contribution in [1.29, 1.82) is 0 Å². The number of thiocarbonyl (C=S) groups is 1. The van der Waals surface area contributed by atoms with E-state index in [9.17, 15) is 0 Å². The third kappa shape index (κ3) is 5.39. The Kier molecular flexibility index (Phi) is 6.83. The van der Waals surface area contributed by atoms with Gasteiger partial charge < -0.3 is 10.6 Å². The Balaban J connectivity index is 1.64. The Morgan fingerprint density at radius 2 is 1.71 bits per heavy atom. The molecular formula is C20H19Cl3N4S. The summed E-state index contributed by atoms with van der Waals surface area (Å²) in [5.74, 6) is 0.968. The molecule has 0 amide bonds. The molecule has 0 unspecified atom stereocenters. The predicted octanol–water partition coefficient (Wildman–Crippen LogP) is 6.82. The van der Waals surface area contributed by atoms with Crippen LogP contribution in [0.1, 0.15) is 30.9 Å². The van der Waals surface area contributed by atoms with Gasteiger partial charge in [-0.25, -0.2) is 0 Å². The number of halogens is 3. The molecule has 0 bridgehead atoms. The van der Waals surface area contributed by atoms with Crippen LogP contribution in [0.15, 0.2) is 48.7 Å². The van der Waals surface area contributed by atoms with Crippen LogP contribution in [0.25, 0.3) is 0 Å². The zero-order chi connectivity index (χ0) is 20.3. The van der Waals surface area contributed by atoms with E-state index in [0.29, 0.717) is 38.5 Å². The fourth-order valence-corrected chi connectivity index (χ4v) is 3.34. The van der Waals surface area contributed by atoms with Crippen molar-refractivity contribution < 1.29 is 0 Å². The third-order valence-corrected chi connectivity index (χ3v) is 5.33. The quantitative estimate of drug-likeness (QED) is 0.416. The summed E-state index contributed by atoms with van der Waals surface area (Å²) in [6.45, 7) is 4.82. The molecular weight excluding hydrogens is 435 g/mol. The molecule has 2 N–H and O–H groups in total. The van der Waals surface area contributed by atoms with Crippen LogP contribution in [0, 0.1) is 0 Å². The van der Waals surface area contributed by atoms with Gasteiger partial charge >= 0.3 is 0 Å². The van der Waals surface area contributed by atoms with Gasteiger partial charge in [0.1, 0.15) is 5.02 Å². The summed E-state index contributed by atoms with van der Waals surface area (Å²) in [5.41, 5.74) is 3.13. The molecule has 0 saturated carbocycles. The molecule has 28 heavy (non-hydrogen) atoms. The van der Waals surface area contributed by atoms with Gasteiger partial charge in [0.05, 0.1) is 16.6 Å². The maximum atomic E-state index is 6.29. The summed E-state index contributed by atoms with van der Waals surface area (Å²) in [6.07, 6.45) is 1.73. The first-order valence-corrected chi connectivity index (χ1v) is 10.2. The summed E-state index contributed by atoms with van der Waals surface area (Å²) >= 11 is 23.7. The molecule has 0 aliphatic rings. The van der Waals surface area contributed by atoms with Crippen LogP contribution < -0.4 is 10.6 Å². The number of hydrogen-bond acceptors (Lipinski definition) is 2. The summed E-state index contributed by atoms with van der Waals surface area (Å²) in [6, 6.07) is 13.6. The Hall–Kier alpha value is -1.79. The van der Waals surface area contributed by atoms with Crippen LogP contribution in [-0.2, 0) is 6.54 Å². The second-order valence-corrected chi connectivity index (χ2v) is 8.26. The van der Waals surface area contributed by atoms with Crippen LogP contribution in [0.5, 0.6) is 0 Å². The van der Waals surface area contributed by atoms with Crippen molar-refractivity contribution in [3.63, 3.8) is 0 Å². The SMILES string of the molecule is CC(C)c1ccc(NC(=S)Nc2nn(Cc3ccc(Cl)c(Cl)c3)cc2Cl)cc1. The highest BCUT2D eigenvalue weighted by atomic mass is 35.5.